The van der Waals surface area contributed by atoms with Crippen LogP contribution in [-0.4, -0.2) is 46.5 Å². The molecule has 23 heavy (non-hydrogen) atoms. The Kier molecular flexibility index (Phi) is 4.83. The number of carbonyl (C=O) groups is 1. The lowest BCUT2D eigenvalue weighted by Crippen LogP contribution is -2.51. The zero-order valence-electron chi connectivity index (χ0n) is 13.1. The molecule has 1 amide bonds. The highest BCUT2D eigenvalue weighted by molar-refractivity contribution is 5.95. The van der Waals surface area contributed by atoms with Gasteiger partial charge in [-0.25, -0.2) is 4.98 Å². The number of rotatable bonds is 4. The van der Waals surface area contributed by atoms with Crippen LogP contribution in [-0.2, 0) is 6.61 Å². The molecule has 0 unspecified atom stereocenters. The van der Waals surface area contributed by atoms with E-state index in [9.17, 15) is 4.79 Å². The largest absolute Gasteiger partial charge is 0.486 e. The van der Waals surface area contributed by atoms with E-state index in [0.717, 1.165) is 12.1 Å². The van der Waals surface area contributed by atoms with Crippen molar-refractivity contribution in [2.24, 2.45) is 0 Å². The predicted octanol–water partition coefficient (Wildman–Crippen LogP) is 1.49. The predicted molar refractivity (Wildman–Crippen MR) is 86.2 cm³/mol. The van der Waals surface area contributed by atoms with E-state index in [0.29, 0.717) is 31.1 Å². The SMILES string of the molecule is C[C@@H]1CN(C(=O)c2ncccc2OCc2ccncc2)CCN1. The second kappa shape index (κ2) is 7.19. The molecule has 6 nitrogen and oxygen atoms in total. The fourth-order valence-electron chi connectivity index (χ4n) is 2.57. The number of amides is 1. The average Bonchev–Trinajstić information content (AvgIpc) is 2.60. The first kappa shape index (κ1) is 15.4. The molecule has 1 saturated heterocycles. The van der Waals surface area contributed by atoms with Gasteiger partial charge in [0.2, 0.25) is 0 Å². The summed E-state index contributed by atoms with van der Waals surface area (Å²) < 4.78 is 5.81. The molecule has 1 atom stereocenters. The molecular formula is C17H20N4O2. The van der Waals surface area contributed by atoms with Crippen LogP contribution in [0, 0.1) is 0 Å². The maximum atomic E-state index is 12.7. The molecule has 0 bridgehead atoms. The van der Waals surface area contributed by atoms with E-state index in [2.05, 4.69) is 22.2 Å². The fraction of sp³-hybridized carbons (Fsp3) is 0.353. The van der Waals surface area contributed by atoms with E-state index in [4.69, 9.17) is 4.74 Å². The minimum Gasteiger partial charge on any atom is -0.486 e. The number of pyridine rings is 2. The molecule has 1 N–H and O–H groups in total. The monoisotopic (exact) mass is 312 g/mol. The Morgan fingerprint density at radius 2 is 2.17 bits per heavy atom. The van der Waals surface area contributed by atoms with Gasteiger partial charge in [-0.15, -0.1) is 0 Å². The van der Waals surface area contributed by atoms with Crippen LogP contribution in [0.2, 0.25) is 0 Å². The van der Waals surface area contributed by atoms with Gasteiger partial charge in [0.25, 0.3) is 5.91 Å². The van der Waals surface area contributed by atoms with Crippen LogP contribution in [0.1, 0.15) is 23.0 Å². The number of carbonyl (C=O) groups excluding carboxylic acids is 1. The summed E-state index contributed by atoms with van der Waals surface area (Å²) in [5, 5.41) is 3.33. The van der Waals surface area contributed by atoms with Crippen LogP contribution in [0.3, 0.4) is 0 Å². The van der Waals surface area contributed by atoms with Gasteiger partial charge in [0.15, 0.2) is 11.4 Å². The normalized spacial score (nSPS) is 17.8. The summed E-state index contributed by atoms with van der Waals surface area (Å²) >= 11 is 0. The second-order valence-electron chi connectivity index (χ2n) is 5.60. The third-order valence-electron chi connectivity index (χ3n) is 3.77. The van der Waals surface area contributed by atoms with Gasteiger partial charge in [-0.05, 0) is 36.8 Å². The molecule has 1 fully saturated rings. The topological polar surface area (TPSA) is 67.4 Å². The molecule has 0 saturated carbocycles. The van der Waals surface area contributed by atoms with Crippen LogP contribution in [0.15, 0.2) is 42.9 Å². The molecule has 0 aromatic carbocycles. The highest BCUT2D eigenvalue weighted by atomic mass is 16.5. The second-order valence-corrected chi connectivity index (χ2v) is 5.60. The Morgan fingerprint density at radius 1 is 1.35 bits per heavy atom. The summed E-state index contributed by atoms with van der Waals surface area (Å²) in [4.78, 5) is 22.8. The van der Waals surface area contributed by atoms with E-state index in [1.54, 1.807) is 30.7 Å². The molecule has 6 heteroatoms. The van der Waals surface area contributed by atoms with Crippen molar-refractivity contribution in [3.05, 3.63) is 54.1 Å². The van der Waals surface area contributed by atoms with E-state index in [1.165, 1.54) is 0 Å². The van der Waals surface area contributed by atoms with Gasteiger partial charge in [0.05, 0.1) is 0 Å². The lowest BCUT2D eigenvalue weighted by atomic mass is 10.2. The van der Waals surface area contributed by atoms with Gasteiger partial charge < -0.3 is 15.0 Å². The number of hydrogen-bond acceptors (Lipinski definition) is 5. The van der Waals surface area contributed by atoms with Crippen molar-refractivity contribution in [1.82, 2.24) is 20.2 Å². The maximum absolute atomic E-state index is 12.7. The Labute approximate surface area is 135 Å². The zero-order chi connectivity index (χ0) is 16.1. The summed E-state index contributed by atoms with van der Waals surface area (Å²) in [6.45, 7) is 4.61. The molecule has 0 aliphatic carbocycles. The van der Waals surface area contributed by atoms with Crippen molar-refractivity contribution in [3.8, 4) is 5.75 Å². The van der Waals surface area contributed by atoms with Crippen molar-refractivity contribution in [2.45, 2.75) is 19.6 Å². The first-order valence-electron chi connectivity index (χ1n) is 7.73. The van der Waals surface area contributed by atoms with Crippen molar-refractivity contribution in [2.75, 3.05) is 19.6 Å². The Hall–Kier alpha value is -2.47. The summed E-state index contributed by atoms with van der Waals surface area (Å²) in [6.07, 6.45) is 5.06. The first-order valence-corrected chi connectivity index (χ1v) is 7.73. The highest BCUT2D eigenvalue weighted by Gasteiger charge is 2.25. The number of aromatic nitrogens is 2. The maximum Gasteiger partial charge on any atom is 0.276 e. The van der Waals surface area contributed by atoms with Gasteiger partial charge in [-0.2, -0.15) is 0 Å². The quantitative estimate of drug-likeness (QED) is 0.926. The molecule has 0 spiro atoms. The van der Waals surface area contributed by atoms with E-state index >= 15 is 0 Å². The van der Waals surface area contributed by atoms with Crippen molar-refractivity contribution < 1.29 is 9.53 Å². The van der Waals surface area contributed by atoms with Crippen molar-refractivity contribution in [1.29, 1.82) is 0 Å². The number of ether oxygens (including phenoxy) is 1. The molecule has 120 valence electrons. The molecular weight excluding hydrogens is 292 g/mol. The lowest BCUT2D eigenvalue weighted by molar-refractivity contribution is 0.0697. The summed E-state index contributed by atoms with van der Waals surface area (Å²) in [5.41, 5.74) is 1.37. The highest BCUT2D eigenvalue weighted by Crippen LogP contribution is 2.19. The number of hydrogen-bond donors (Lipinski definition) is 1. The Bertz CT molecular complexity index is 663. The van der Waals surface area contributed by atoms with Crippen LogP contribution in [0.25, 0.3) is 0 Å². The molecule has 1 aliphatic heterocycles. The summed E-state index contributed by atoms with van der Waals surface area (Å²) in [7, 11) is 0. The molecule has 1 aliphatic rings. The third kappa shape index (κ3) is 3.84. The molecule has 3 rings (SSSR count). The van der Waals surface area contributed by atoms with E-state index < -0.39 is 0 Å². The lowest BCUT2D eigenvalue weighted by Gasteiger charge is -2.31. The number of nitrogens with zero attached hydrogens (tertiary/aromatic N) is 3. The van der Waals surface area contributed by atoms with Gasteiger partial charge in [-0.3, -0.25) is 9.78 Å². The van der Waals surface area contributed by atoms with E-state index in [-0.39, 0.29) is 11.9 Å². The van der Waals surface area contributed by atoms with Crippen LogP contribution >= 0.6 is 0 Å². The number of piperazine rings is 1. The first-order chi connectivity index (χ1) is 11.2. The Balaban J connectivity index is 1.73. The standard InChI is InChI=1S/C17H20N4O2/c1-13-11-21(10-9-19-13)17(22)16-15(3-2-6-20-16)23-12-14-4-7-18-8-5-14/h2-8,13,19H,9-12H2,1H3/t13-/m1/s1. The van der Waals surface area contributed by atoms with E-state index in [1.807, 2.05) is 17.0 Å². The van der Waals surface area contributed by atoms with Gasteiger partial charge in [-0.1, -0.05) is 0 Å². The summed E-state index contributed by atoms with van der Waals surface area (Å²) in [5.74, 6) is 0.434. The number of nitrogens with one attached hydrogen (secondary N) is 1. The van der Waals surface area contributed by atoms with Gasteiger partial charge in [0.1, 0.15) is 6.61 Å². The minimum atomic E-state index is -0.0799. The Morgan fingerprint density at radius 3 is 2.96 bits per heavy atom. The fourth-order valence-corrected chi connectivity index (χ4v) is 2.57. The zero-order valence-corrected chi connectivity index (χ0v) is 13.1. The van der Waals surface area contributed by atoms with Crippen LogP contribution in [0.4, 0.5) is 0 Å². The molecule has 2 aromatic rings. The third-order valence-corrected chi connectivity index (χ3v) is 3.77. The van der Waals surface area contributed by atoms with Crippen molar-refractivity contribution in [3.63, 3.8) is 0 Å². The average molecular weight is 312 g/mol. The van der Waals surface area contributed by atoms with Gasteiger partial charge >= 0.3 is 0 Å². The molecule has 3 heterocycles. The van der Waals surface area contributed by atoms with Crippen LogP contribution < -0.4 is 10.1 Å². The van der Waals surface area contributed by atoms with Gasteiger partial charge in [0, 0.05) is 44.3 Å². The smallest absolute Gasteiger partial charge is 0.276 e. The molecule has 2 aromatic heterocycles. The summed E-state index contributed by atoms with van der Waals surface area (Å²) in [6, 6.07) is 7.62. The minimum absolute atomic E-state index is 0.0799. The van der Waals surface area contributed by atoms with Crippen molar-refractivity contribution >= 4 is 5.91 Å². The molecule has 0 radical (unpaired) electrons. The van der Waals surface area contributed by atoms with Crippen LogP contribution in [0.5, 0.6) is 5.75 Å².